The highest BCUT2D eigenvalue weighted by atomic mass is 16.5. The quantitative estimate of drug-likeness (QED) is 0.272. The van der Waals surface area contributed by atoms with Crippen molar-refractivity contribution in [2.45, 2.75) is 34.6 Å². The molecule has 0 radical (unpaired) electrons. The molecule has 7 nitrogen and oxygen atoms in total. The van der Waals surface area contributed by atoms with E-state index in [9.17, 15) is 9.59 Å². The van der Waals surface area contributed by atoms with Crippen molar-refractivity contribution in [3.8, 4) is 22.5 Å². The zero-order chi connectivity index (χ0) is 25.9. The number of amides is 1. The van der Waals surface area contributed by atoms with E-state index >= 15 is 0 Å². The smallest absolute Gasteiger partial charge is 0.330 e. The number of ether oxygens (including phenoxy) is 1. The molecule has 2 aromatic carbocycles. The SMILES string of the molecule is CCOC(=O)/C=C/c1ccc(-c2ccc3nc(-c4ccc(C)c(NC(=O)C(C)(C)C)c4)cn3n2)cc1. The first kappa shape index (κ1) is 24.9. The number of esters is 1. The highest BCUT2D eigenvalue weighted by Gasteiger charge is 2.22. The summed E-state index contributed by atoms with van der Waals surface area (Å²) in [5, 5.41) is 7.76. The average Bonchev–Trinajstić information content (AvgIpc) is 3.27. The molecule has 0 saturated heterocycles. The third-order valence-electron chi connectivity index (χ3n) is 5.69. The molecule has 4 aromatic rings. The second-order valence-corrected chi connectivity index (χ2v) is 9.59. The molecule has 0 spiro atoms. The summed E-state index contributed by atoms with van der Waals surface area (Å²) in [4.78, 5) is 28.7. The van der Waals surface area contributed by atoms with E-state index in [1.165, 1.54) is 6.08 Å². The first-order valence-electron chi connectivity index (χ1n) is 11.9. The van der Waals surface area contributed by atoms with Crippen LogP contribution in [0.2, 0.25) is 0 Å². The molecular weight excluding hydrogens is 452 g/mol. The minimum Gasteiger partial charge on any atom is -0.463 e. The van der Waals surface area contributed by atoms with Crippen molar-refractivity contribution < 1.29 is 14.3 Å². The molecule has 4 rings (SSSR count). The Morgan fingerprint density at radius 3 is 2.42 bits per heavy atom. The number of carbonyl (C=O) groups excluding carboxylic acids is 2. The molecular formula is C29H30N4O3. The van der Waals surface area contributed by atoms with Gasteiger partial charge in [0.05, 0.1) is 24.2 Å². The number of imidazole rings is 1. The van der Waals surface area contributed by atoms with Crippen molar-refractivity contribution in [2.24, 2.45) is 5.41 Å². The Balaban J connectivity index is 1.57. The van der Waals surface area contributed by atoms with Crippen molar-refractivity contribution in [2.75, 3.05) is 11.9 Å². The Morgan fingerprint density at radius 2 is 1.72 bits per heavy atom. The van der Waals surface area contributed by atoms with E-state index in [1.54, 1.807) is 17.5 Å². The van der Waals surface area contributed by atoms with Crippen molar-refractivity contribution in [1.82, 2.24) is 14.6 Å². The second-order valence-electron chi connectivity index (χ2n) is 9.59. The fourth-order valence-electron chi connectivity index (χ4n) is 3.52. The van der Waals surface area contributed by atoms with Crippen LogP contribution in [0.25, 0.3) is 34.2 Å². The summed E-state index contributed by atoms with van der Waals surface area (Å²) < 4.78 is 6.67. The van der Waals surface area contributed by atoms with Gasteiger partial charge >= 0.3 is 5.97 Å². The predicted octanol–water partition coefficient (Wildman–Crippen LogP) is 5.93. The Morgan fingerprint density at radius 1 is 1.00 bits per heavy atom. The van der Waals surface area contributed by atoms with Crippen LogP contribution < -0.4 is 5.32 Å². The molecule has 36 heavy (non-hydrogen) atoms. The molecule has 2 heterocycles. The number of nitrogens with zero attached hydrogens (tertiary/aromatic N) is 3. The Bertz CT molecular complexity index is 1440. The van der Waals surface area contributed by atoms with Gasteiger partial charge in [-0.1, -0.05) is 57.2 Å². The number of anilines is 1. The number of carbonyl (C=O) groups is 2. The number of benzene rings is 2. The zero-order valence-corrected chi connectivity index (χ0v) is 21.2. The van der Waals surface area contributed by atoms with E-state index < -0.39 is 5.41 Å². The first-order chi connectivity index (χ1) is 17.1. The van der Waals surface area contributed by atoms with E-state index in [-0.39, 0.29) is 11.9 Å². The van der Waals surface area contributed by atoms with Crippen LogP contribution in [-0.2, 0) is 14.3 Å². The predicted molar refractivity (Wildman–Crippen MR) is 142 cm³/mol. The summed E-state index contributed by atoms with van der Waals surface area (Å²) in [7, 11) is 0. The van der Waals surface area contributed by atoms with Crippen LogP contribution in [0, 0.1) is 12.3 Å². The molecule has 0 fully saturated rings. The van der Waals surface area contributed by atoms with E-state index in [0.717, 1.165) is 45.0 Å². The molecule has 0 saturated carbocycles. The maximum atomic E-state index is 12.5. The molecule has 7 heteroatoms. The number of aryl methyl sites for hydroxylation is 1. The molecule has 0 atom stereocenters. The number of hydrogen-bond acceptors (Lipinski definition) is 5. The van der Waals surface area contributed by atoms with Crippen molar-refractivity contribution in [3.63, 3.8) is 0 Å². The van der Waals surface area contributed by atoms with Crippen LogP contribution >= 0.6 is 0 Å². The standard InChI is InChI=1S/C29H30N4O3/c1-6-36-27(34)16-10-20-8-12-21(13-9-20)23-14-15-26-30-25(18-33(26)32-23)22-11-7-19(2)24(17-22)31-28(35)29(3,4)5/h7-18H,6H2,1-5H3,(H,31,35)/b16-10+. The van der Waals surface area contributed by atoms with E-state index in [1.807, 2.05) is 88.5 Å². The number of aromatic nitrogens is 3. The van der Waals surface area contributed by atoms with Gasteiger partial charge < -0.3 is 10.1 Å². The van der Waals surface area contributed by atoms with Gasteiger partial charge in [-0.2, -0.15) is 5.10 Å². The van der Waals surface area contributed by atoms with E-state index in [2.05, 4.69) is 5.32 Å². The summed E-state index contributed by atoms with van der Waals surface area (Å²) in [5.74, 6) is -0.395. The van der Waals surface area contributed by atoms with Gasteiger partial charge in [-0.25, -0.2) is 14.3 Å². The minimum atomic E-state index is -0.485. The van der Waals surface area contributed by atoms with Gasteiger partial charge in [-0.3, -0.25) is 4.79 Å². The number of nitrogens with one attached hydrogen (secondary N) is 1. The summed E-state index contributed by atoms with van der Waals surface area (Å²) in [6, 6.07) is 17.6. The van der Waals surface area contributed by atoms with Crippen molar-refractivity contribution in [1.29, 1.82) is 0 Å². The van der Waals surface area contributed by atoms with Gasteiger partial charge in [-0.15, -0.1) is 0 Å². The maximum Gasteiger partial charge on any atom is 0.330 e. The number of rotatable bonds is 6. The molecule has 184 valence electrons. The topological polar surface area (TPSA) is 85.6 Å². The van der Waals surface area contributed by atoms with Crippen molar-refractivity contribution in [3.05, 3.63) is 78.0 Å². The summed E-state index contributed by atoms with van der Waals surface area (Å²) in [6.07, 6.45) is 5.02. The lowest BCUT2D eigenvalue weighted by Gasteiger charge is -2.19. The third-order valence-corrected chi connectivity index (χ3v) is 5.69. The first-order valence-corrected chi connectivity index (χ1v) is 11.9. The highest BCUT2D eigenvalue weighted by molar-refractivity contribution is 5.95. The van der Waals surface area contributed by atoms with Crippen LogP contribution in [0.4, 0.5) is 5.69 Å². The fraction of sp³-hybridized carbons (Fsp3) is 0.241. The van der Waals surface area contributed by atoms with Gasteiger partial charge in [0.1, 0.15) is 0 Å². The van der Waals surface area contributed by atoms with Crippen LogP contribution in [0.5, 0.6) is 0 Å². The monoisotopic (exact) mass is 482 g/mol. The van der Waals surface area contributed by atoms with Crippen LogP contribution in [0.15, 0.2) is 66.9 Å². The molecule has 0 bridgehead atoms. The molecule has 2 aromatic heterocycles. The van der Waals surface area contributed by atoms with Crippen LogP contribution in [0.1, 0.15) is 38.8 Å². The maximum absolute atomic E-state index is 12.5. The lowest BCUT2D eigenvalue weighted by molar-refractivity contribution is -0.137. The van der Waals surface area contributed by atoms with Gasteiger partial charge in [-0.05, 0) is 49.2 Å². The normalized spacial score (nSPS) is 11.7. The molecule has 1 N–H and O–H groups in total. The van der Waals surface area contributed by atoms with E-state index in [4.69, 9.17) is 14.8 Å². The molecule has 1 amide bonds. The van der Waals surface area contributed by atoms with Gasteiger partial charge in [0.15, 0.2) is 5.65 Å². The van der Waals surface area contributed by atoms with Crippen molar-refractivity contribution >= 4 is 29.3 Å². The molecule has 0 aliphatic heterocycles. The number of fused-ring (bicyclic) bond motifs is 1. The zero-order valence-electron chi connectivity index (χ0n) is 21.2. The van der Waals surface area contributed by atoms with Crippen LogP contribution in [-0.4, -0.2) is 33.1 Å². The minimum absolute atomic E-state index is 0.0357. The fourth-order valence-corrected chi connectivity index (χ4v) is 3.52. The highest BCUT2D eigenvalue weighted by Crippen LogP contribution is 2.27. The largest absolute Gasteiger partial charge is 0.463 e. The number of hydrogen-bond donors (Lipinski definition) is 1. The average molecular weight is 483 g/mol. The molecule has 0 aliphatic carbocycles. The Labute approximate surface area is 210 Å². The lowest BCUT2D eigenvalue weighted by Crippen LogP contribution is -2.27. The van der Waals surface area contributed by atoms with E-state index in [0.29, 0.717) is 6.61 Å². The molecule has 0 aliphatic rings. The molecule has 0 unspecified atom stereocenters. The Hall–Kier alpha value is -4.26. The summed E-state index contributed by atoms with van der Waals surface area (Å²) in [5.41, 5.74) is 6.31. The van der Waals surface area contributed by atoms with Gasteiger partial charge in [0.25, 0.3) is 0 Å². The third kappa shape index (κ3) is 5.68. The summed E-state index contributed by atoms with van der Waals surface area (Å²) >= 11 is 0. The van der Waals surface area contributed by atoms with Gasteiger partial charge in [0, 0.05) is 28.3 Å². The van der Waals surface area contributed by atoms with Gasteiger partial charge in [0.2, 0.25) is 5.91 Å². The lowest BCUT2D eigenvalue weighted by atomic mass is 9.95. The van der Waals surface area contributed by atoms with Crippen LogP contribution in [0.3, 0.4) is 0 Å². The second kappa shape index (κ2) is 10.2. The summed E-state index contributed by atoms with van der Waals surface area (Å²) in [6.45, 7) is 9.77. The Kier molecular flexibility index (Phi) is 7.01.